The summed E-state index contributed by atoms with van der Waals surface area (Å²) in [6.07, 6.45) is 3.42. The predicted molar refractivity (Wildman–Crippen MR) is 58.8 cm³/mol. The van der Waals surface area contributed by atoms with Crippen LogP contribution in [0, 0.1) is 19.8 Å². The van der Waals surface area contributed by atoms with E-state index in [1.807, 2.05) is 38.1 Å². The molecular formula is C13H14O2. The monoisotopic (exact) mass is 202 g/mol. The third-order valence-electron chi connectivity index (χ3n) is 2.81. The standard InChI is InChI=1S/C13H14O2/c1-9-3-4-11(7-10(9)2)13(14)12-5-6-15-8-12/h3-7,12H,8H2,1-2H3. The Bertz CT molecular complexity index is 419. The molecule has 1 aromatic rings. The van der Waals surface area contributed by atoms with Crippen LogP contribution in [0.5, 0.6) is 0 Å². The molecule has 0 amide bonds. The number of ketones is 1. The van der Waals surface area contributed by atoms with Gasteiger partial charge in [0.15, 0.2) is 5.78 Å². The lowest BCUT2D eigenvalue weighted by molar-refractivity contribution is 0.0915. The van der Waals surface area contributed by atoms with Crippen LogP contribution in [0.25, 0.3) is 0 Å². The number of Topliss-reactive ketones (excluding diaryl/α,β-unsaturated/α-hetero) is 1. The van der Waals surface area contributed by atoms with E-state index in [9.17, 15) is 4.79 Å². The number of benzene rings is 1. The van der Waals surface area contributed by atoms with Gasteiger partial charge in [0.2, 0.25) is 0 Å². The quantitative estimate of drug-likeness (QED) is 0.689. The van der Waals surface area contributed by atoms with Gasteiger partial charge in [0.25, 0.3) is 0 Å². The summed E-state index contributed by atoms with van der Waals surface area (Å²) in [6.45, 7) is 4.54. The highest BCUT2D eigenvalue weighted by Gasteiger charge is 2.21. The van der Waals surface area contributed by atoms with E-state index < -0.39 is 0 Å². The molecule has 0 bridgehead atoms. The van der Waals surface area contributed by atoms with E-state index in [1.165, 1.54) is 5.56 Å². The fourth-order valence-corrected chi connectivity index (χ4v) is 1.64. The Hall–Kier alpha value is -1.57. The maximum atomic E-state index is 12.0. The normalized spacial score (nSPS) is 18.9. The van der Waals surface area contributed by atoms with Gasteiger partial charge in [-0.05, 0) is 37.1 Å². The summed E-state index contributed by atoms with van der Waals surface area (Å²) in [5.41, 5.74) is 3.15. The van der Waals surface area contributed by atoms with Crippen LogP contribution in [0.4, 0.5) is 0 Å². The summed E-state index contributed by atoms with van der Waals surface area (Å²) >= 11 is 0. The molecule has 0 N–H and O–H groups in total. The molecule has 1 unspecified atom stereocenters. The SMILES string of the molecule is Cc1ccc(C(=O)C2C=COC2)cc1C. The molecule has 0 aliphatic carbocycles. The van der Waals surface area contributed by atoms with Gasteiger partial charge < -0.3 is 4.74 Å². The summed E-state index contributed by atoms with van der Waals surface area (Å²) < 4.78 is 5.05. The van der Waals surface area contributed by atoms with E-state index in [4.69, 9.17) is 4.74 Å². The van der Waals surface area contributed by atoms with E-state index >= 15 is 0 Å². The van der Waals surface area contributed by atoms with Gasteiger partial charge in [0, 0.05) is 5.56 Å². The number of hydrogen-bond donors (Lipinski definition) is 0. The maximum absolute atomic E-state index is 12.0. The first kappa shape index (κ1) is 9.97. The van der Waals surface area contributed by atoms with Crippen molar-refractivity contribution in [3.63, 3.8) is 0 Å². The van der Waals surface area contributed by atoms with Gasteiger partial charge >= 0.3 is 0 Å². The topological polar surface area (TPSA) is 26.3 Å². The van der Waals surface area contributed by atoms with Crippen LogP contribution in [0.15, 0.2) is 30.5 Å². The molecule has 0 aromatic heterocycles. The molecule has 2 heteroatoms. The van der Waals surface area contributed by atoms with E-state index in [0.29, 0.717) is 6.61 Å². The second kappa shape index (κ2) is 3.89. The molecule has 1 aliphatic heterocycles. The van der Waals surface area contributed by atoms with Crippen molar-refractivity contribution in [2.24, 2.45) is 5.92 Å². The third kappa shape index (κ3) is 1.94. The van der Waals surface area contributed by atoms with Crippen LogP contribution in [-0.2, 0) is 4.74 Å². The van der Waals surface area contributed by atoms with Crippen molar-refractivity contribution in [3.8, 4) is 0 Å². The zero-order chi connectivity index (χ0) is 10.8. The number of aryl methyl sites for hydroxylation is 2. The summed E-state index contributed by atoms with van der Waals surface area (Å²) in [7, 11) is 0. The van der Waals surface area contributed by atoms with Crippen molar-refractivity contribution >= 4 is 5.78 Å². The van der Waals surface area contributed by atoms with Crippen LogP contribution in [-0.4, -0.2) is 12.4 Å². The van der Waals surface area contributed by atoms with E-state index in [-0.39, 0.29) is 11.7 Å². The maximum Gasteiger partial charge on any atom is 0.173 e. The molecule has 1 aliphatic rings. The summed E-state index contributed by atoms with van der Waals surface area (Å²) in [4.78, 5) is 12.0. The van der Waals surface area contributed by atoms with Gasteiger partial charge in [0.05, 0.1) is 12.2 Å². The number of carbonyl (C=O) groups is 1. The van der Waals surface area contributed by atoms with Gasteiger partial charge in [-0.25, -0.2) is 0 Å². The molecule has 15 heavy (non-hydrogen) atoms. The van der Waals surface area contributed by atoms with Gasteiger partial charge in [0.1, 0.15) is 6.61 Å². The highest BCUT2D eigenvalue weighted by Crippen LogP contribution is 2.17. The number of rotatable bonds is 2. The van der Waals surface area contributed by atoms with Crippen molar-refractivity contribution in [3.05, 3.63) is 47.2 Å². The third-order valence-corrected chi connectivity index (χ3v) is 2.81. The molecule has 0 saturated heterocycles. The Morgan fingerprint density at radius 3 is 2.73 bits per heavy atom. The number of ether oxygens (including phenoxy) is 1. The molecule has 0 radical (unpaired) electrons. The summed E-state index contributed by atoms with van der Waals surface area (Å²) in [5, 5.41) is 0. The molecule has 0 spiro atoms. The number of hydrogen-bond acceptors (Lipinski definition) is 2. The first-order chi connectivity index (χ1) is 7.18. The molecular weight excluding hydrogens is 188 g/mol. The smallest absolute Gasteiger partial charge is 0.173 e. The van der Waals surface area contributed by atoms with Crippen LogP contribution < -0.4 is 0 Å². The van der Waals surface area contributed by atoms with E-state index in [1.54, 1.807) is 6.26 Å². The molecule has 1 atom stereocenters. The average Bonchev–Trinajstić information content (AvgIpc) is 2.74. The Kier molecular flexibility index (Phi) is 2.58. The van der Waals surface area contributed by atoms with Crippen molar-refractivity contribution in [1.82, 2.24) is 0 Å². The molecule has 2 nitrogen and oxygen atoms in total. The van der Waals surface area contributed by atoms with Crippen molar-refractivity contribution in [2.45, 2.75) is 13.8 Å². The Morgan fingerprint density at radius 2 is 2.13 bits per heavy atom. The van der Waals surface area contributed by atoms with Crippen molar-refractivity contribution in [2.75, 3.05) is 6.61 Å². The first-order valence-corrected chi connectivity index (χ1v) is 5.08. The summed E-state index contributed by atoms with van der Waals surface area (Å²) in [6, 6.07) is 5.82. The largest absolute Gasteiger partial charge is 0.500 e. The fraction of sp³-hybridized carbons (Fsp3) is 0.308. The lowest BCUT2D eigenvalue weighted by atomic mass is 9.96. The molecule has 1 aromatic carbocycles. The minimum Gasteiger partial charge on any atom is -0.500 e. The minimum atomic E-state index is -0.105. The Balaban J connectivity index is 2.25. The highest BCUT2D eigenvalue weighted by molar-refractivity contribution is 5.99. The average molecular weight is 202 g/mol. The lowest BCUT2D eigenvalue weighted by Crippen LogP contribution is -2.14. The summed E-state index contributed by atoms with van der Waals surface area (Å²) in [5.74, 6) is 0.0407. The van der Waals surface area contributed by atoms with E-state index in [2.05, 4.69) is 0 Å². The lowest BCUT2D eigenvalue weighted by Gasteiger charge is -2.07. The zero-order valence-electron chi connectivity index (χ0n) is 8.99. The van der Waals surface area contributed by atoms with Crippen LogP contribution >= 0.6 is 0 Å². The van der Waals surface area contributed by atoms with E-state index in [0.717, 1.165) is 11.1 Å². The second-order valence-corrected chi connectivity index (χ2v) is 3.93. The number of carbonyl (C=O) groups excluding carboxylic acids is 1. The van der Waals surface area contributed by atoms with Crippen molar-refractivity contribution in [1.29, 1.82) is 0 Å². The molecule has 0 saturated carbocycles. The molecule has 1 heterocycles. The minimum absolute atomic E-state index is 0.105. The Morgan fingerprint density at radius 1 is 1.33 bits per heavy atom. The fourth-order valence-electron chi connectivity index (χ4n) is 1.64. The van der Waals surface area contributed by atoms with Gasteiger partial charge in [-0.3, -0.25) is 4.79 Å². The van der Waals surface area contributed by atoms with Crippen LogP contribution in [0.2, 0.25) is 0 Å². The predicted octanol–water partition coefficient (Wildman–Crippen LogP) is 2.65. The van der Waals surface area contributed by atoms with Gasteiger partial charge in [-0.15, -0.1) is 0 Å². The van der Waals surface area contributed by atoms with Crippen LogP contribution in [0.1, 0.15) is 21.5 Å². The van der Waals surface area contributed by atoms with Crippen molar-refractivity contribution < 1.29 is 9.53 Å². The van der Waals surface area contributed by atoms with Gasteiger partial charge in [-0.1, -0.05) is 12.1 Å². The highest BCUT2D eigenvalue weighted by atomic mass is 16.5. The zero-order valence-corrected chi connectivity index (χ0v) is 8.99. The molecule has 78 valence electrons. The van der Waals surface area contributed by atoms with Gasteiger partial charge in [-0.2, -0.15) is 0 Å². The van der Waals surface area contributed by atoms with Crippen LogP contribution in [0.3, 0.4) is 0 Å². The second-order valence-electron chi connectivity index (χ2n) is 3.93. The molecule has 0 fully saturated rings. The Labute approximate surface area is 89.6 Å². The molecule has 2 rings (SSSR count). The first-order valence-electron chi connectivity index (χ1n) is 5.08.